The molecule has 0 fully saturated rings. The number of aliphatic hydroxyl groups is 1. The van der Waals surface area contributed by atoms with Gasteiger partial charge in [0.05, 0.1) is 31.5 Å². The van der Waals surface area contributed by atoms with Crippen LogP contribution in [-0.4, -0.2) is 192 Å². The molecule has 0 aliphatic rings. The molecule has 0 radical (unpaired) electrons. The average Bonchev–Trinajstić information content (AvgIpc) is 3.36. The number of benzene rings is 2. The number of carboxylic acids is 3. The summed E-state index contributed by atoms with van der Waals surface area (Å²) in [6.45, 7) is 8.51. The van der Waals surface area contributed by atoms with Crippen LogP contribution < -0.4 is 58.9 Å². The van der Waals surface area contributed by atoms with Gasteiger partial charge in [-0.2, -0.15) is 25.3 Å². The Labute approximate surface area is 499 Å². The van der Waals surface area contributed by atoms with Gasteiger partial charge in [0.25, 0.3) is 0 Å². The van der Waals surface area contributed by atoms with Crippen LogP contribution in [-0.2, 0) is 75.2 Å². The number of hydrogen-bond acceptors (Lipinski definition) is 19. The topological polar surface area (TPSA) is 490 Å². The standard InChI is InChI=1S/C53H77N11O19S2/c1-24(2)15-32(54)45(74)56-26(5)44(73)62-38(22-84)50(79)60-36(19-41(69)70)49(78)59-35(18-29-9-13-31(67)14-10-29)48(77)58-34(17-28-7-11-30(66)12-8-28)46(75)55-21-40(68)64-43(27(6)65)52(81)63-39(23-85)51(80)57-33(16-25(3)4)47(76)61-37(53(82)83)20-42(71)72/h7-14,24-27,32-39,43,65-67,84-85H,15-23,54H2,1-6H3,(H,55,75)(H,56,74)(H,57,80)(H,58,77)(H,59,78)(H,60,79)(H,61,76)(H,62,73)(H,63,81)(H,64,68)(H,69,70)(H,71,72)(H,82,83)/t26-,27+,32-,33-,34-,35-,36-,37-,38-,39-,43-/m0/s1. The Balaban J connectivity index is 2.38. The average molecular weight is 1240 g/mol. The maximum atomic E-state index is 14.4. The minimum Gasteiger partial charge on any atom is -0.508 e. The predicted octanol–water partition coefficient (Wildman–Crippen LogP) is -3.92. The molecule has 2 aromatic carbocycles. The van der Waals surface area contributed by atoms with E-state index in [2.05, 4.69) is 78.4 Å². The molecule has 470 valence electrons. The van der Waals surface area contributed by atoms with Gasteiger partial charge in [0.15, 0.2) is 0 Å². The molecular weight excluding hydrogens is 1160 g/mol. The van der Waals surface area contributed by atoms with Crippen molar-refractivity contribution >= 4 is 102 Å². The molecule has 2 rings (SSSR count). The third-order valence-corrected chi connectivity index (χ3v) is 13.0. The van der Waals surface area contributed by atoms with E-state index >= 15 is 0 Å². The lowest BCUT2D eigenvalue weighted by Gasteiger charge is -2.27. The minimum absolute atomic E-state index is 0.0589. The number of amides is 10. The van der Waals surface area contributed by atoms with Crippen LogP contribution in [0, 0.1) is 11.8 Å². The van der Waals surface area contributed by atoms with Crippen molar-refractivity contribution < 1.29 is 93.0 Å². The third-order valence-electron chi connectivity index (χ3n) is 12.3. The van der Waals surface area contributed by atoms with Gasteiger partial charge in [-0.15, -0.1) is 0 Å². The highest BCUT2D eigenvalue weighted by Gasteiger charge is 2.36. The van der Waals surface area contributed by atoms with Crippen LogP contribution in [0.25, 0.3) is 0 Å². The summed E-state index contributed by atoms with van der Waals surface area (Å²) in [6.07, 6.45) is -4.22. The van der Waals surface area contributed by atoms with E-state index in [0.29, 0.717) is 17.5 Å². The van der Waals surface area contributed by atoms with Crippen LogP contribution in [0.2, 0.25) is 0 Å². The highest BCUT2D eigenvalue weighted by Crippen LogP contribution is 2.15. The normalized spacial score (nSPS) is 15.0. The van der Waals surface area contributed by atoms with Crippen molar-refractivity contribution in [2.45, 2.75) is 147 Å². The third kappa shape index (κ3) is 26.5. The fourth-order valence-corrected chi connectivity index (χ4v) is 8.36. The van der Waals surface area contributed by atoms with E-state index in [9.17, 15) is 87.9 Å². The minimum atomic E-state index is -1.93. The van der Waals surface area contributed by atoms with Gasteiger partial charge in [0.2, 0.25) is 59.1 Å². The Bertz CT molecular complexity index is 2680. The van der Waals surface area contributed by atoms with Gasteiger partial charge in [-0.1, -0.05) is 52.0 Å². The first-order chi connectivity index (χ1) is 39.7. The van der Waals surface area contributed by atoms with Gasteiger partial charge >= 0.3 is 17.9 Å². The number of aliphatic hydroxyl groups excluding tert-OH is 1. The molecule has 0 aliphatic heterocycles. The maximum Gasteiger partial charge on any atom is 0.326 e. The Hall–Kier alpha value is -8.23. The SMILES string of the molecule is CC(C)C[C@H](NC(=O)[C@H](CS)NC(=O)[C@@H](NC(=O)CNC(=O)[C@H](Cc1ccc(O)cc1)NC(=O)[C@H](Cc1ccc(O)cc1)NC(=O)[C@H](CC(=O)O)NC(=O)[C@H](CS)NC(=O)[C@H](C)NC(=O)[C@@H](N)CC(C)C)[C@@H](C)O)C(=O)N[C@@H](CC(=O)O)C(=O)O. The van der Waals surface area contributed by atoms with E-state index in [-0.39, 0.29) is 41.9 Å². The summed E-state index contributed by atoms with van der Waals surface area (Å²) in [5, 5.41) is 82.0. The fraction of sp³-hybridized carbons (Fsp3) is 0.528. The second-order valence-electron chi connectivity index (χ2n) is 20.7. The molecule has 0 saturated heterocycles. The Morgan fingerprint density at radius 3 is 1.26 bits per heavy atom. The number of carbonyl (C=O) groups is 13. The van der Waals surface area contributed by atoms with E-state index in [1.165, 1.54) is 55.5 Å². The van der Waals surface area contributed by atoms with Crippen LogP contribution in [0.3, 0.4) is 0 Å². The van der Waals surface area contributed by atoms with Gasteiger partial charge in [0, 0.05) is 24.3 Å². The molecule has 0 saturated carbocycles. The monoisotopic (exact) mass is 1240 g/mol. The van der Waals surface area contributed by atoms with Crippen molar-refractivity contribution in [1.82, 2.24) is 53.2 Å². The van der Waals surface area contributed by atoms with Crippen molar-refractivity contribution in [3.63, 3.8) is 0 Å². The van der Waals surface area contributed by atoms with Gasteiger partial charge < -0.3 is 89.5 Å². The van der Waals surface area contributed by atoms with Crippen molar-refractivity contribution in [3.05, 3.63) is 59.7 Å². The summed E-state index contributed by atoms with van der Waals surface area (Å²) in [7, 11) is 0. The summed E-state index contributed by atoms with van der Waals surface area (Å²) in [6, 6.07) is -4.98. The number of nitrogens with two attached hydrogens (primary N) is 1. The van der Waals surface area contributed by atoms with Gasteiger partial charge in [-0.3, -0.25) is 57.5 Å². The summed E-state index contributed by atoms with van der Waals surface area (Å²) < 4.78 is 0. The zero-order valence-electron chi connectivity index (χ0n) is 47.5. The lowest BCUT2D eigenvalue weighted by atomic mass is 10.0. The van der Waals surface area contributed by atoms with Gasteiger partial charge in [0.1, 0.15) is 65.9 Å². The molecule has 32 heteroatoms. The number of nitrogens with one attached hydrogen (secondary N) is 10. The van der Waals surface area contributed by atoms with Crippen molar-refractivity contribution in [3.8, 4) is 11.5 Å². The molecule has 0 bridgehead atoms. The number of phenolic OH excluding ortho intramolecular Hbond substituents is 2. The molecule has 0 aromatic heterocycles. The Morgan fingerprint density at radius 1 is 0.447 bits per heavy atom. The molecule has 0 aliphatic carbocycles. The number of carboxylic acid groups (broad SMARTS) is 3. The lowest BCUT2D eigenvalue weighted by Crippen LogP contribution is -2.61. The highest BCUT2D eigenvalue weighted by atomic mass is 32.1. The van der Waals surface area contributed by atoms with Crippen molar-refractivity contribution in [1.29, 1.82) is 0 Å². The van der Waals surface area contributed by atoms with Gasteiger partial charge in [-0.25, -0.2) is 4.79 Å². The predicted molar refractivity (Wildman–Crippen MR) is 308 cm³/mol. The molecule has 2 aromatic rings. The fourth-order valence-electron chi connectivity index (χ4n) is 7.84. The lowest BCUT2D eigenvalue weighted by molar-refractivity contribution is -0.147. The maximum absolute atomic E-state index is 14.4. The van der Waals surface area contributed by atoms with E-state index in [1.54, 1.807) is 13.8 Å². The number of aromatic hydroxyl groups is 2. The summed E-state index contributed by atoms with van der Waals surface area (Å²) in [5.74, 6) is -16.5. The smallest absolute Gasteiger partial charge is 0.326 e. The quantitative estimate of drug-likeness (QED) is 0.0290. The van der Waals surface area contributed by atoms with Crippen LogP contribution in [0.5, 0.6) is 11.5 Å². The number of thiol groups is 2. The molecule has 18 N–H and O–H groups in total. The number of hydrogen-bond donors (Lipinski definition) is 19. The summed E-state index contributed by atoms with van der Waals surface area (Å²) in [4.78, 5) is 170. The van der Waals surface area contributed by atoms with E-state index in [4.69, 9.17) is 10.8 Å². The summed E-state index contributed by atoms with van der Waals surface area (Å²) in [5.41, 5.74) is 6.55. The molecule has 85 heavy (non-hydrogen) atoms. The largest absolute Gasteiger partial charge is 0.508 e. The summed E-state index contributed by atoms with van der Waals surface area (Å²) >= 11 is 8.22. The molecule has 0 heterocycles. The van der Waals surface area contributed by atoms with Crippen LogP contribution >= 0.6 is 25.3 Å². The zero-order chi connectivity index (χ0) is 64.4. The first kappa shape index (κ1) is 72.9. The van der Waals surface area contributed by atoms with Crippen molar-refractivity contribution in [2.24, 2.45) is 17.6 Å². The van der Waals surface area contributed by atoms with Crippen LogP contribution in [0.15, 0.2) is 48.5 Å². The first-order valence-electron chi connectivity index (χ1n) is 26.6. The van der Waals surface area contributed by atoms with Crippen LogP contribution in [0.4, 0.5) is 0 Å². The number of carbonyl (C=O) groups excluding carboxylic acids is 10. The van der Waals surface area contributed by atoms with E-state index < -0.39 is 175 Å². The Kier molecular flexibility index (Phi) is 30.7. The molecule has 30 nitrogen and oxygen atoms in total. The highest BCUT2D eigenvalue weighted by molar-refractivity contribution is 7.80. The number of aliphatic carboxylic acids is 3. The van der Waals surface area contributed by atoms with Gasteiger partial charge in [-0.05, 0) is 73.9 Å². The zero-order valence-corrected chi connectivity index (χ0v) is 49.2. The molecular formula is C53H77N11O19S2. The molecule has 0 unspecified atom stereocenters. The number of rotatable bonds is 36. The number of phenols is 2. The van der Waals surface area contributed by atoms with E-state index in [0.717, 1.165) is 6.92 Å². The second-order valence-corrected chi connectivity index (χ2v) is 21.4. The molecule has 10 amide bonds. The Morgan fingerprint density at radius 2 is 0.824 bits per heavy atom. The van der Waals surface area contributed by atoms with Crippen molar-refractivity contribution in [2.75, 3.05) is 18.1 Å². The van der Waals surface area contributed by atoms with Crippen LogP contribution in [0.1, 0.15) is 78.4 Å². The molecule has 0 spiro atoms. The molecule has 11 atom stereocenters. The first-order valence-corrected chi connectivity index (χ1v) is 27.9. The van der Waals surface area contributed by atoms with E-state index in [1.807, 2.05) is 13.8 Å². The second kappa shape index (κ2) is 35.8.